The van der Waals surface area contributed by atoms with Crippen molar-refractivity contribution in [3.63, 3.8) is 0 Å². The Bertz CT molecular complexity index is 4080. The predicted octanol–water partition coefficient (Wildman–Crippen LogP) is 13.7. The molecule has 4 aliphatic rings. The molecule has 3 heterocycles. The van der Waals surface area contributed by atoms with E-state index in [0.717, 1.165) is 5.69 Å². The molecule has 3 heteroatoms. The maximum absolute atomic E-state index is 2.62. The average molecular weight is 833 g/mol. The van der Waals surface area contributed by atoms with Gasteiger partial charge in [0.1, 0.15) is 0 Å². The monoisotopic (exact) mass is 832 g/mol. The molecule has 66 heavy (non-hydrogen) atoms. The summed E-state index contributed by atoms with van der Waals surface area (Å²) >= 11 is 0. The number of hydrogen-bond acceptors (Lipinski definition) is 1. The highest BCUT2D eigenvalue weighted by Gasteiger charge is 2.52. The number of benzene rings is 11. The topological polar surface area (TPSA) is 8.17 Å². The van der Waals surface area contributed by atoms with Gasteiger partial charge in [0, 0.05) is 33.5 Å². The second kappa shape index (κ2) is 12.4. The van der Waals surface area contributed by atoms with Crippen molar-refractivity contribution < 1.29 is 0 Å². The van der Waals surface area contributed by atoms with Crippen LogP contribution in [0.2, 0.25) is 0 Å². The van der Waals surface area contributed by atoms with Gasteiger partial charge in [0.25, 0.3) is 6.71 Å². The zero-order valence-electron chi connectivity index (χ0n) is 35.8. The summed E-state index contributed by atoms with van der Waals surface area (Å²) in [5.41, 5.74) is 24.2. The summed E-state index contributed by atoms with van der Waals surface area (Å²) in [5, 5.41) is 7.70. The van der Waals surface area contributed by atoms with Gasteiger partial charge in [-0.2, -0.15) is 0 Å². The molecule has 0 amide bonds. The number of nitrogens with zero attached hydrogens (tertiary/aromatic N) is 2. The predicted molar refractivity (Wildman–Crippen MR) is 277 cm³/mol. The largest absolute Gasteiger partial charge is 0.311 e. The molecular formula is C63H37BN2. The highest BCUT2D eigenvalue weighted by molar-refractivity contribution is 7.00. The fraction of sp³-hybridized carbons (Fsp3) is 0.0159. The molecule has 0 bridgehead atoms. The van der Waals surface area contributed by atoms with Crippen LogP contribution in [0.25, 0.3) is 82.4 Å². The first-order valence-corrected chi connectivity index (χ1v) is 23.2. The lowest BCUT2D eigenvalue weighted by molar-refractivity contribution is 0.794. The van der Waals surface area contributed by atoms with Crippen molar-refractivity contribution in [1.82, 2.24) is 4.57 Å². The summed E-state index contributed by atoms with van der Waals surface area (Å²) in [4.78, 5) is 2.56. The summed E-state index contributed by atoms with van der Waals surface area (Å²) in [7, 11) is 0. The number of para-hydroxylation sites is 2. The lowest BCUT2D eigenvalue weighted by atomic mass is 9.33. The summed E-state index contributed by atoms with van der Waals surface area (Å²) < 4.78 is 2.62. The third-order valence-electron chi connectivity index (χ3n) is 15.7. The van der Waals surface area contributed by atoms with Crippen molar-refractivity contribution in [3.8, 4) is 39.1 Å². The summed E-state index contributed by atoms with van der Waals surface area (Å²) in [5.74, 6) is 0. The molecule has 0 radical (unpaired) electrons. The minimum absolute atomic E-state index is 0.0109. The minimum atomic E-state index is -0.429. The van der Waals surface area contributed by atoms with Gasteiger partial charge in [-0.05, 0) is 136 Å². The van der Waals surface area contributed by atoms with E-state index in [1.54, 1.807) is 0 Å². The number of aromatic nitrogens is 1. The first-order chi connectivity index (χ1) is 32.8. The quantitative estimate of drug-likeness (QED) is 0.158. The van der Waals surface area contributed by atoms with Crippen molar-refractivity contribution in [2.75, 3.05) is 4.90 Å². The second-order valence-electron chi connectivity index (χ2n) is 18.7. The van der Waals surface area contributed by atoms with E-state index in [1.165, 1.54) is 132 Å². The van der Waals surface area contributed by atoms with Gasteiger partial charge >= 0.3 is 0 Å². The molecule has 11 aromatic carbocycles. The second-order valence-corrected chi connectivity index (χ2v) is 18.7. The molecule has 1 aromatic heterocycles. The van der Waals surface area contributed by atoms with E-state index in [0.29, 0.717) is 0 Å². The Hall–Kier alpha value is -8.40. The Kier molecular flexibility index (Phi) is 6.60. The maximum Gasteiger partial charge on any atom is 0.252 e. The fourth-order valence-corrected chi connectivity index (χ4v) is 13.2. The standard InChI is InChI=1S/C63H37BN2/c1-2-19-43(20-3-1)65-57-35-39-17-5-4-16-38(39)33-54(57)64-55-34-41-18-6-7-21-44(41)60-49-25-11-15-29-56(49)66(62(55)60)59-37-42(36-58(65)61(59)64)40-30-31-48-47-24-10-14-28-52(47)63(53(48)32-40)50-26-12-8-22-45(50)46-23-9-13-27-51(46)63/h1-37H. The fourth-order valence-electron chi connectivity index (χ4n) is 13.2. The molecule has 1 spiro atoms. The van der Waals surface area contributed by atoms with Gasteiger partial charge in [-0.1, -0.05) is 182 Å². The number of fused-ring (bicyclic) bond motifs is 20. The lowest BCUT2D eigenvalue weighted by Crippen LogP contribution is -2.60. The van der Waals surface area contributed by atoms with Crippen LogP contribution in [0, 0.1) is 0 Å². The maximum atomic E-state index is 2.62. The molecule has 12 aromatic rings. The van der Waals surface area contributed by atoms with Crippen LogP contribution in [0.4, 0.5) is 17.1 Å². The zero-order chi connectivity index (χ0) is 42.8. The van der Waals surface area contributed by atoms with Crippen LogP contribution in [0.5, 0.6) is 0 Å². The van der Waals surface area contributed by atoms with Gasteiger partial charge < -0.3 is 9.47 Å². The van der Waals surface area contributed by atoms with Crippen LogP contribution < -0.4 is 21.3 Å². The van der Waals surface area contributed by atoms with Gasteiger partial charge in [0.2, 0.25) is 0 Å². The van der Waals surface area contributed by atoms with E-state index in [2.05, 4.69) is 234 Å². The number of hydrogen-bond donors (Lipinski definition) is 0. The average Bonchev–Trinajstić information content (AvgIpc) is 4.00. The summed E-state index contributed by atoms with van der Waals surface area (Å²) in [6, 6.07) is 85.2. The SMILES string of the molecule is c1ccc(N2c3cc4ccccc4cc3B3c4c2cc(-c2ccc5c(c2)C2(c6ccccc6-c6ccccc62)c2ccccc2-5)cc4-n2c4ccccc4c4c5ccccc5cc3c42)cc1. The van der Waals surface area contributed by atoms with Gasteiger partial charge in [0.05, 0.1) is 16.4 Å². The first kappa shape index (κ1) is 35.0. The van der Waals surface area contributed by atoms with Gasteiger partial charge in [-0.15, -0.1) is 0 Å². The van der Waals surface area contributed by atoms with Crippen LogP contribution in [0.1, 0.15) is 22.3 Å². The Morgan fingerprint density at radius 3 is 1.65 bits per heavy atom. The Labute approximate surface area is 382 Å². The first-order valence-electron chi connectivity index (χ1n) is 23.2. The van der Waals surface area contributed by atoms with Crippen LogP contribution >= 0.6 is 0 Å². The Balaban J connectivity index is 1.05. The van der Waals surface area contributed by atoms with Gasteiger partial charge in [-0.3, -0.25) is 0 Å². The van der Waals surface area contributed by atoms with E-state index in [4.69, 9.17) is 0 Å². The zero-order valence-corrected chi connectivity index (χ0v) is 35.8. The lowest BCUT2D eigenvalue weighted by Gasteiger charge is -2.41. The molecule has 0 saturated carbocycles. The third-order valence-corrected chi connectivity index (χ3v) is 15.7. The van der Waals surface area contributed by atoms with Crippen molar-refractivity contribution in [3.05, 3.63) is 247 Å². The normalized spacial score (nSPS) is 14.1. The number of rotatable bonds is 2. The van der Waals surface area contributed by atoms with E-state index in [9.17, 15) is 0 Å². The molecule has 302 valence electrons. The molecular weight excluding hydrogens is 796 g/mol. The van der Waals surface area contributed by atoms with Gasteiger partial charge in [0.15, 0.2) is 0 Å². The molecule has 0 atom stereocenters. The van der Waals surface area contributed by atoms with Gasteiger partial charge in [-0.25, -0.2) is 0 Å². The third kappa shape index (κ3) is 4.20. The Morgan fingerprint density at radius 1 is 0.364 bits per heavy atom. The van der Waals surface area contributed by atoms with E-state index >= 15 is 0 Å². The number of anilines is 3. The molecule has 0 fully saturated rings. The van der Waals surface area contributed by atoms with Crippen LogP contribution in [-0.4, -0.2) is 11.3 Å². The molecule has 0 saturated heterocycles. The molecule has 0 N–H and O–H groups in total. The highest BCUT2D eigenvalue weighted by Crippen LogP contribution is 2.63. The van der Waals surface area contributed by atoms with Crippen molar-refractivity contribution in [2.45, 2.75) is 5.41 Å². The van der Waals surface area contributed by atoms with Crippen LogP contribution in [-0.2, 0) is 5.41 Å². The smallest absolute Gasteiger partial charge is 0.252 e. The molecule has 2 aliphatic heterocycles. The van der Waals surface area contributed by atoms with E-state index in [1.807, 2.05) is 0 Å². The molecule has 2 aliphatic carbocycles. The summed E-state index contributed by atoms with van der Waals surface area (Å²) in [6.07, 6.45) is 0. The van der Waals surface area contributed by atoms with Crippen molar-refractivity contribution >= 4 is 83.5 Å². The van der Waals surface area contributed by atoms with Crippen LogP contribution in [0.15, 0.2) is 224 Å². The summed E-state index contributed by atoms with van der Waals surface area (Å²) in [6.45, 7) is 0.0109. The molecule has 16 rings (SSSR count). The van der Waals surface area contributed by atoms with Crippen molar-refractivity contribution in [1.29, 1.82) is 0 Å². The minimum Gasteiger partial charge on any atom is -0.311 e. The molecule has 0 unspecified atom stereocenters. The Morgan fingerprint density at radius 2 is 0.924 bits per heavy atom. The van der Waals surface area contributed by atoms with Crippen molar-refractivity contribution in [2.24, 2.45) is 0 Å². The van der Waals surface area contributed by atoms with Crippen LogP contribution in [0.3, 0.4) is 0 Å². The van der Waals surface area contributed by atoms with E-state index in [-0.39, 0.29) is 6.71 Å². The highest BCUT2D eigenvalue weighted by atomic mass is 15.2. The molecule has 2 nitrogen and oxygen atoms in total. The van der Waals surface area contributed by atoms with E-state index < -0.39 is 5.41 Å².